The van der Waals surface area contributed by atoms with E-state index in [2.05, 4.69) is 0 Å². The summed E-state index contributed by atoms with van der Waals surface area (Å²) in [7, 11) is 0. The first-order valence-corrected chi connectivity index (χ1v) is 5.66. The second kappa shape index (κ2) is 3.33. The van der Waals surface area contributed by atoms with E-state index in [0.717, 1.165) is 19.4 Å². The number of thioether (sulfide) groups is 1. The fourth-order valence-electron chi connectivity index (χ4n) is 1.93. The van der Waals surface area contributed by atoms with Crippen molar-refractivity contribution in [3.8, 4) is 0 Å². The van der Waals surface area contributed by atoms with Gasteiger partial charge in [0.1, 0.15) is 6.04 Å². The molecule has 2 aliphatic rings. The fourth-order valence-corrected chi connectivity index (χ4v) is 2.93. The molecule has 0 spiro atoms. The zero-order chi connectivity index (χ0) is 9.42. The van der Waals surface area contributed by atoms with Crippen molar-refractivity contribution in [2.24, 2.45) is 5.92 Å². The fraction of sp³-hybridized carbons (Fsp3) is 0.778. The molecule has 2 atom stereocenters. The van der Waals surface area contributed by atoms with Crippen LogP contribution in [0, 0.1) is 5.92 Å². The van der Waals surface area contributed by atoms with Gasteiger partial charge in [0, 0.05) is 18.2 Å². The van der Waals surface area contributed by atoms with Crippen LogP contribution in [0.25, 0.3) is 0 Å². The maximum absolute atomic E-state index is 11.7. The molecule has 1 amide bonds. The lowest BCUT2D eigenvalue weighted by Gasteiger charge is -2.21. The van der Waals surface area contributed by atoms with Crippen LogP contribution in [0.3, 0.4) is 0 Å². The van der Waals surface area contributed by atoms with E-state index in [1.807, 2.05) is 6.92 Å². The number of rotatable bonds is 0. The number of nitrogens with zero attached hydrogens (tertiary/aromatic N) is 1. The summed E-state index contributed by atoms with van der Waals surface area (Å²) in [5.74, 6) is 0.836. The second-order valence-corrected chi connectivity index (χ2v) is 4.75. The lowest BCUT2D eigenvalue weighted by atomic mass is 10.1. The van der Waals surface area contributed by atoms with Crippen LogP contribution >= 0.6 is 11.8 Å². The normalized spacial score (nSPS) is 34.7. The first-order chi connectivity index (χ1) is 6.20. The van der Waals surface area contributed by atoms with E-state index in [1.54, 1.807) is 4.90 Å². The van der Waals surface area contributed by atoms with E-state index < -0.39 is 0 Å². The summed E-state index contributed by atoms with van der Waals surface area (Å²) in [5, 5.41) is 0.190. The summed E-state index contributed by atoms with van der Waals surface area (Å²) < 4.78 is 0. The highest BCUT2D eigenvalue weighted by Gasteiger charge is 2.38. The number of hydrogen-bond acceptors (Lipinski definition) is 3. The Morgan fingerprint density at radius 1 is 1.46 bits per heavy atom. The number of amides is 1. The third-order valence-corrected chi connectivity index (χ3v) is 3.93. The summed E-state index contributed by atoms with van der Waals surface area (Å²) in [6, 6.07) is -0.109. The van der Waals surface area contributed by atoms with Gasteiger partial charge in [0.05, 0.1) is 0 Å². The minimum Gasteiger partial charge on any atom is -0.331 e. The smallest absolute Gasteiger partial charge is 0.226 e. The Kier molecular flexibility index (Phi) is 2.32. The molecule has 2 unspecified atom stereocenters. The summed E-state index contributed by atoms with van der Waals surface area (Å²) >= 11 is 1.33. The van der Waals surface area contributed by atoms with E-state index in [0.29, 0.717) is 5.75 Å². The van der Waals surface area contributed by atoms with Crippen molar-refractivity contribution in [3.63, 3.8) is 0 Å². The predicted octanol–water partition coefficient (Wildman–Crippen LogP) is 0.887. The van der Waals surface area contributed by atoms with E-state index >= 15 is 0 Å². The molecule has 3 nitrogen and oxygen atoms in total. The third-order valence-electron chi connectivity index (χ3n) is 2.71. The molecule has 0 aliphatic carbocycles. The molecule has 0 saturated carbocycles. The molecular formula is C9H13NO2S. The third kappa shape index (κ3) is 1.47. The van der Waals surface area contributed by atoms with E-state index in [4.69, 9.17) is 0 Å². The largest absolute Gasteiger partial charge is 0.331 e. The standard InChI is InChI=1S/C9H13NO2S/c1-6-5-13-9(12)7-3-2-4-10(7)8(6)11/h6-7H,2-5H2,1H3. The first kappa shape index (κ1) is 9.06. The van der Waals surface area contributed by atoms with Gasteiger partial charge in [-0.05, 0) is 12.8 Å². The highest BCUT2D eigenvalue weighted by Crippen LogP contribution is 2.29. The van der Waals surface area contributed by atoms with Gasteiger partial charge in [0.25, 0.3) is 0 Å². The Labute approximate surface area is 81.9 Å². The van der Waals surface area contributed by atoms with Crippen LogP contribution in [0.2, 0.25) is 0 Å². The van der Waals surface area contributed by atoms with Gasteiger partial charge >= 0.3 is 0 Å². The molecule has 2 aliphatic heterocycles. The second-order valence-electron chi connectivity index (χ2n) is 3.72. The van der Waals surface area contributed by atoms with Gasteiger partial charge in [-0.3, -0.25) is 9.59 Å². The minimum absolute atomic E-state index is 0.0112. The van der Waals surface area contributed by atoms with E-state index in [-0.39, 0.29) is 23.0 Å². The maximum atomic E-state index is 11.7. The van der Waals surface area contributed by atoms with Gasteiger partial charge < -0.3 is 4.90 Å². The zero-order valence-corrected chi connectivity index (χ0v) is 8.47. The SMILES string of the molecule is CC1CSC(=O)C2CCCN2C1=O. The molecule has 0 N–H and O–H groups in total. The van der Waals surface area contributed by atoms with Crippen molar-refractivity contribution < 1.29 is 9.59 Å². The van der Waals surface area contributed by atoms with Gasteiger partial charge in [0.2, 0.25) is 11.0 Å². The van der Waals surface area contributed by atoms with Crippen molar-refractivity contribution in [2.45, 2.75) is 25.8 Å². The summed E-state index contributed by atoms with van der Waals surface area (Å²) in [6.07, 6.45) is 1.85. The van der Waals surface area contributed by atoms with Gasteiger partial charge in [-0.1, -0.05) is 18.7 Å². The Balaban J connectivity index is 2.24. The summed E-state index contributed by atoms with van der Waals surface area (Å²) in [4.78, 5) is 25.1. The maximum Gasteiger partial charge on any atom is 0.226 e. The van der Waals surface area contributed by atoms with Crippen molar-refractivity contribution in [1.29, 1.82) is 0 Å². The average molecular weight is 199 g/mol. The van der Waals surface area contributed by atoms with E-state index in [1.165, 1.54) is 11.8 Å². The first-order valence-electron chi connectivity index (χ1n) is 4.67. The lowest BCUT2D eigenvalue weighted by molar-refractivity contribution is -0.137. The molecule has 2 saturated heterocycles. The molecule has 13 heavy (non-hydrogen) atoms. The van der Waals surface area contributed by atoms with Crippen LogP contribution in [-0.2, 0) is 9.59 Å². The van der Waals surface area contributed by atoms with Crippen LogP contribution in [-0.4, -0.2) is 34.3 Å². The number of hydrogen-bond donors (Lipinski definition) is 0. The van der Waals surface area contributed by atoms with Crippen molar-refractivity contribution in [1.82, 2.24) is 4.90 Å². The molecule has 2 heterocycles. The summed E-state index contributed by atoms with van der Waals surface area (Å²) in [6.45, 7) is 2.68. The average Bonchev–Trinajstić information content (AvgIpc) is 2.57. The van der Waals surface area contributed by atoms with Crippen molar-refractivity contribution in [2.75, 3.05) is 12.3 Å². The summed E-state index contributed by atoms with van der Waals surface area (Å²) in [5.41, 5.74) is 0. The van der Waals surface area contributed by atoms with Gasteiger partial charge in [0.15, 0.2) is 0 Å². The molecule has 0 aromatic carbocycles. The molecule has 72 valence electrons. The van der Waals surface area contributed by atoms with Crippen LogP contribution in [0.5, 0.6) is 0 Å². The Morgan fingerprint density at radius 3 is 3.00 bits per heavy atom. The highest BCUT2D eigenvalue weighted by atomic mass is 32.2. The van der Waals surface area contributed by atoms with E-state index in [9.17, 15) is 9.59 Å². The molecule has 4 heteroatoms. The van der Waals surface area contributed by atoms with Crippen LogP contribution in [0.1, 0.15) is 19.8 Å². The molecule has 0 radical (unpaired) electrons. The highest BCUT2D eigenvalue weighted by molar-refractivity contribution is 8.13. The van der Waals surface area contributed by atoms with Crippen LogP contribution in [0.4, 0.5) is 0 Å². The molecule has 2 fully saturated rings. The quantitative estimate of drug-likeness (QED) is 0.581. The number of fused-ring (bicyclic) bond motifs is 1. The number of carbonyl (C=O) groups excluding carboxylic acids is 2. The van der Waals surface area contributed by atoms with Gasteiger partial charge in [-0.25, -0.2) is 0 Å². The molecular weight excluding hydrogens is 186 g/mol. The van der Waals surface area contributed by atoms with Gasteiger partial charge in [-0.2, -0.15) is 0 Å². The lowest BCUT2D eigenvalue weighted by Crippen LogP contribution is -2.39. The number of carbonyl (C=O) groups is 2. The topological polar surface area (TPSA) is 37.4 Å². The Morgan fingerprint density at radius 2 is 2.23 bits per heavy atom. The molecule has 0 aromatic heterocycles. The minimum atomic E-state index is -0.109. The monoisotopic (exact) mass is 199 g/mol. The molecule has 2 rings (SSSR count). The van der Waals surface area contributed by atoms with Crippen LogP contribution in [0.15, 0.2) is 0 Å². The van der Waals surface area contributed by atoms with Gasteiger partial charge in [-0.15, -0.1) is 0 Å². The van der Waals surface area contributed by atoms with Crippen molar-refractivity contribution >= 4 is 22.8 Å². The van der Waals surface area contributed by atoms with Crippen molar-refractivity contribution in [3.05, 3.63) is 0 Å². The predicted molar refractivity (Wildman–Crippen MR) is 51.4 cm³/mol. The Bertz CT molecular complexity index is 254. The molecule has 0 aromatic rings. The molecule has 0 bridgehead atoms. The zero-order valence-electron chi connectivity index (χ0n) is 7.66. The Hall–Kier alpha value is -0.510. The van der Waals surface area contributed by atoms with Crippen LogP contribution < -0.4 is 0 Å².